The van der Waals surface area contributed by atoms with E-state index >= 15 is 0 Å². The quantitative estimate of drug-likeness (QED) is 0.747. The predicted octanol–water partition coefficient (Wildman–Crippen LogP) is 3.02. The maximum Gasteiger partial charge on any atom is 0.222 e. The topological polar surface area (TPSA) is 84.3 Å². The molecular formula is C21H24N6. The van der Waals surface area contributed by atoms with Gasteiger partial charge in [0.25, 0.3) is 0 Å². The second-order valence-corrected chi connectivity index (χ2v) is 6.90. The van der Waals surface area contributed by atoms with Gasteiger partial charge >= 0.3 is 0 Å². The van der Waals surface area contributed by atoms with E-state index in [4.69, 9.17) is 11.5 Å². The van der Waals surface area contributed by atoms with Crippen molar-refractivity contribution < 1.29 is 0 Å². The maximum atomic E-state index is 6.04. The number of aromatic nitrogens is 2. The van der Waals surface area contributed by atoms with Crippen LogP contribution in [0.2, 0.25) is 0 Å². The second kappa shape index (κ2) is 7.15. The fraction of sp³-hybridized carbons (Fsp3) is 0.238. The Labute approximate surface area is 159 Å². The van der Waals surface area contributed by atoms with Gasteiger partial charge in [-0.05, 0) is 30.2 Å². The van der Waals surface area contributed by atoms with Gasteiger partial charge in [-0.15, -0.1) is 0 Å². The largest absolute Gasteiger partial charge is 0.382 e. The summed E-state index contributed by atoms with van der Waals surface area (Å²) in [5.74, 6) is 0.648. The summed E-state index contributed by atoms with van der Waals surface area (Å²) in [6.45, 7) is 4.85. The Morgan fingerprint density at radius 1 is 0.963 bits per heavy atom. The highest BCUT2D eigenvalue weighted by Gasteiger charge is 2.25. The van der Waals surface area contributed by atoms with Gasteiger partial charge in [-0.2, -0.15) is 4.98 Å². The van der Waals surface area contributed by atoms with E-state index in [1.807, 2.05) is 6.07 Å². The number of nitrogens with two attached hydrogens (primary N) is 2. The predicted molar refractivity (Wildman–Crippen MR) is 112 cm³/mol. The van der Waals surface area contributed by atoms with E-state index < -0.39 is 0 Å². The van der Waals surface area contributed by atoms with Crippen molar-refractivity contribution in [2.75, 3.05) is 40.9 Å². The van der Waals surface area contributed by atoms with E-state index in [0.717, 1.165) is 25.3 Å². The first-order valence-electron chi connectivity index (χ1n) is 9.17. The number of hydrogen-bond acceptors (Lipinski definition) is 6. The third-order valence-electron chi connectivity index (χ3n) is 5.07. The molecule has 1 fully saturated rings. The Balaban J connectivity index is 1.54. The van der Waals surface area contributed by atoms with Gasteiger partial charge in [0, 0.05) is 31.4 Å². The average Bonchev–Trinajstić information content (AvgIpc) is 2.69. The zero-order valence-corrected chi connectivity index (χ0v) is 15.4. The van der Waals surface area contributed by atoms with Gasteiger partial charge in [0.1, 0.15) is 0 Å². The lowest BCUT2D eigenvalue weighted by atomic mass is 10.0. The summed E-state index contributed by atoms with van der Waals surface area (Å²) in [6.07, 6.45) is 1.72. The Kier molecular flexibility index (Phi) is 4.54. The highest BCUT2D eigenvalue weighted by molar-refractivity contribution is 5.69. The summed E-state index contributed by atoms with van der Waals surface area (Å²) in [6, 6.07) is 19.5. The van der Waals surface area contributed by atoms with Crippen LogP contribution in [0.4, 0.5) is 23.1 Å². The summed E-state index contributed by atoms with van der Waals surface area (Å²) in [4.78, 5) is 12.9. The molecule has 4 N–H and O–H groups in total. The van der Waals surface area contributed by atoms with Gasteiger partial charge in [-0.3, -0.25) is 0 Å². The van der Waals surface area contributed by atoms with Crippen LogP contribution < -0.4 is 21.3 Å². The van der Waals surface area contributed by atoms with Crippen LogP contribution in [0.1, 0.15) is 6.92 Å². The lowest BCUT2D eigenvalue weighted by molar-refractivity contribution is 0.550. The smallest absolute Gasteiger partial charge is 0.222 e. The van der Waals surface area contributed by atoms with E-state index in [1.165, 1.54) is 16.8 Å². The van der Waals surface area contributed by atoms with Crippen molar-refractivity contribution in [2.45, 2.75) is 13.0 Å². The number of piperazine rings is 1. The molecule has 4 rings (SSSR count). The minimum Gasteiger partial charge on any atom is -0.382 e. The van der Waals surface area contributed by atoms with Crippen molar-refractivity contribution in [1.29, 1.82) is 0 Å². The summed E-state index contributed by atoms with van der Waals surface area (Å²) in [5.41, 5.74) is 16.2. The summed E-state index contributed by atoms with van der Waals surface area (Å²) < 4.78 is 0. The molecule has 6 heteroatoms. The standard InChI is InChI=1S/C21H24N6/c1-15-14-26(19-13-24-21(23)25-20(19)22)10-11-27(15)18-9-5-8-17(12-18)16-6-3-2-4-7-16/h2-9,12-13,15H,10-11,14H2,1H3,(H4,22,23,24,25). The molecule has 0 radical (unpaired) electrons. The molecule has 6 nitrogen and oxygen atoms in total. The van der Waals surface area contributed by atoms with Crippen LogP contribution in [0.15, 0.2) is 60.8 Å². The normalized spacial score (nSPS) is 17.1. The fourth-order valence-corrected chi connectivity index (χ4v) is 3.70. The zero-order chi connectivity index (χ0) is 18.8. The molecule has 1 atom stereocenters. The molecule has 0 spiro atoms. The van der Waals surface area contributed by atoms with Crippen molar-refractivity contribution in [3.8, 4) is 11.1 Å². The van der Waals surface area contributed by atoms with E-state index in [0.29, 0.717) is 11.9 Å². The van der Waals surface area contributed by atoms with E-state index in [9.17, 15) is 0 Å². The first-order chi connectivity index (χ1) is 13.1. The van der Waals surface area contributed by atoms with Crippen molar-refractivity contribution in [3.05, 3.63) is 60.8 Å². The van der Waals surface area contributed by atoms with E-state index in [2.05, 4.69) is 75.2 Å². The van der Waals surface area contributed by atoms with Gasteiger partial charge in [-0.1, -0.05) is 42.5 Å². The molecule has 0 bridgehead atoms. The summed E-state index contributed by atoms with van der Waals surface area (Å²) in [7, 11) is 0. The van der Waals surface area contributed by atoms with E-state index in [-0.39, 0.29) is 5.95 Å². The third-order valence-corrected chi connectivity index (χ3v) is 5.07. The van der Waals surface area contributed by atoms with Crippen LogP contribution in [0.3, 0.4) is 0 Å². The van der Waals surface area contributed by atoms with Crippen molar-refractivity contribution in [1.82, 2.24) is 9.97 Å². The number of anilines is 4. The minimum absolute atomic E-state index is 0.209. The first kappa shape index (κ1) is 17.1. The van der Waals surface area contributed by atoms with Gasteiger partial charge in [0.05, 0.1) is 11.9 Å². The van der Waals surface area contributed by atoms with Crippen LogP contribution in [0, 0.1) is 0 Å². The lowest BCUT2D eigenvalue weighted by Gasteiger charge is -2.42. The highest BCUT2D eigenvalue weighted by atomic mass is 15.3. The molecule has 1 aliphatic rings. The van der Waals surface area contributed by atoms with Gasteiger partial charge < -0.3 is 21.3 Å². The molecule has 2 heterocycles. The Morgan fingerprint density at radius 2 is 1.74 bits per heavy atom. The molecule has 1 aliphatic heterocycles. The van der Waals surface area contributed by atoms with E-state index in [1.54, 1.807) is 6.20 Å². The molecule has 27 heavy (non-hydrogen) atoms. The number of nitrogens with zero attached hydrogens (tertiary/aromatic N) is 4. The Morgan fingerprint density at radius 3 is 2.48 bits per heavy atom. The van der Waals surface area contributed by atoms with Crippen LogP contribution in [-0.2, 0) is 0 Å². The molecule has 0 aliphatic carbocycles. The SMILES string of the molecule is CC1CN(c2cnc(N)nc2N)CCN1c1cccc(-c2ccccc2)c1. The number of rotatable bonds is 3. The van der Waals surface area contributed by atoms with Crippen LogP contribution in [0.5, 0.6) is 0 Å². The van der Waals surface area contributed by atoms with Gasteiger partial charge in [0.15, 0.2) is 5.82 Å². The Bertz CT molecular complexity index is 927. The minimum atomic E-state index is 0.209. The molecule has 1 aromatic heterocycles. The number of hydrogen-bond donors (Lipinski definition) is 2. The molecule has 2 aromatic carbocycles. The summed E-state index contributed by atoms with van der Waals surface area (Å²) in [5, 5.41) is 0. The number of nitrogen functional groups attached to an aromatic ring is 2. The van der Waals surface area contributed by atoms with Gasteiger partial charge in [0.2, 0.25) is 5.95 Å². The monoisotopic (exact) mass is 360 g/mol. The van der Waals surface area contributed by atoms with Crippen molar-refractivity contribution in [3.63, 3.8) is 0 Å². The van der Waals surface area contributed by atoms with Crippen LogP contribution in [-0.4, -0.2) is 35.6 Å². The second-order valence-electron chi connectivity index (χ2n) is 6.90. The third kappa shape index (κ3) is 3.51. The molecule has 1 unspecified atom stereocenters. The number of benzene rings is 2. The zero-order valence-electron chi connectivity index (χ0n) is 15.4. The molecule has 0 amide bonds. The molecule has 138 valence electrons. The average molecular weight is 360 g/mol. The molecule has 1 saturated heterocycles. The summed E-state index contributed by atoms with van der Waals surface area (Å²) >= 11 is 0. The maximum absolute atomic E-state index is 6.04. The van der Waals surface area contributed by atoms with Gasteiger partial charge in [-0.25, -0.2) is 4.98 Å². The van der Waals surface area contributed by atoms with Crippen molar-refractivity contribution in [2.24, 2.45) is 0 Å². The molecular weight excluding hydrogens is 336 g/mol. The Hall–Kier alpha value is -3.28. The molecule has 0 saturated carbocycles. The fourth-order valence-electron chi connectivity index (χ4n) is 3.70. The lowest BCUT2D eigenvalue weighted by Crippen LogP contribution is -2.52. The van der Waals surface area contributed by atoms with Crippen LogP contribution >= 0.6 is 0 Å². The first-order valence-corrected chi connectivity index (χ1v) is 9.17. The van der Waals surface area contributed by atoms with Crippen molar-refractivity contribution >= 4 is 23.1 Å². The molecule has 3 aromatic rings. The van der Waals surface area contributed by atoms with Crippen LogP contribution in [0.25, 0.3) is 11.1 Å². The highest BCUT2D eigenvalue weighted by Crippen LogP contribution is 2.29.